The number of aromatic nitrogens is 1. The van der Waals surface area contributed by atoms with Gasteiger partial charge in [-0.25, -0.2) is 5.43 Å². The summed E-state index contributed by atoms with van der Waals surface area (Å²) < 4.78 is 0. The van der Waals surface area contributed by atoms with E-state index in [1.165, 1.54) is 6.21 Å². The summed E-state index contributed by atoms with van der Waals surface area (Å²) in [7, 11) is 0. The lowest BCUT2D eigenvalue weighted by atomic mass is 10.2. The second-order valence-corrected chi connectivity index (χ2v) is 3.65. The molecule has 1 heterocycles. The van der Waals surface area contributed by atoms with Crippen molar-refractivity contribution in [3.63, 3.8) is 0 Å². The molecule has 5 heteroatoms. The Bertz CT molecular complexity index is 627. The Labute approximate surface area is 110 Å². The molecule has 0 unspecified atom stereocenters. The van der Waals surface area contributed by atoms with Crippen molar-refractivity contribution in [2.75, 3.05) is 0 Å². The maximum atomic E-state index is 11.6. The molecule has 0 aliphatic rings. The van der Waals surface area contributed by atoms with Crippen LogP contribution in [0.3, 0.4) is 0 Å². The summed E-state index contributed by atoms with van der Waals surface area (Å²) in [4.78, 5) is 15.5. The molecule has 1 aromatic carbocycles. The normalized spacial score (nSPS) is 10.1. The van der Waals surface area contributed by atoms with Crippen molar-refractivity contribution in [2.45, 2.75) is 0 Å². The number of rotatable bonds is 3. The van der Waals surface area contributed by atoms with Crippen molar-refractivity contribution >= 4 is 12.1 Å². The molecule has 0 aliphatic carbocycles. The highest BCUT2D eigenvalue weighted by molar-refractivity contribution is 5.93. The Morgan fingerprint density at radius 2 is 2.05 bits per heavy atom. The molecule has 2 rings (SSSR count). The molecule has 1 N–H and O–H groups in total. The standard InChI is InChI=1S/C14H10N4O/c15-9-11-4-6-12(7-5-11)10-17-18-14(19)13-3-1-2-8-16-13/h1-8,10H,(H,18,19)/b17-10-. The average Bonchev–Trinajstić information content (AvgIpc) is 2.49. The zero-order valence-corrected chi connectivity index (χ0v) is 9.95. The first-order valence-corrected chi connectivity index (χ1v) is 5.54. The molecule has 0 spiro atoms. The minimum absolute atomic E-state index is 0.305. The van der Waals surface area contributed by atoms with Crippen molar-refractivity contribution in [3.05, 3.63) is 65.5 Å². The van der Waals surface area contributed by atoms with Crippen LogP contribution in [-0.4, -0.2) is 17.1 Å². The summed E-state index contributed by atoms with van der Waals surface area (Å²) in [5, 5.41) is 12.5. The second kappa shape index (κ2) is 6.07. The van der Waals surface area contributed by atoms with Crippen LogP contribution in [0.1, 0.15) is 21.6 Å². The lowest BCUT2D eigenvalue weighted by Gasteiger charge is -1.98. The van der Waals surface area contributed by atoms with E-state index in [9.17, 15) is 4.79 Å². The van der Waals surface area contributed by atoms with E-state index in [0.29, 0.717) is 11.3 Å². The maximum Gasteiger partial charge on any atom is 0.289 e. The number of pyridine rings is 1. The van der Waals surface area contributed by atoms with Gasteiger partial charge in [-0.15, -0.1) is 0 Å². The number of hydrogen-bond donors (Lipinski definition) is 1. The van der Waals surface area contributed by atoms with Gasteiger partial charge < -0.3 is 0 Å². The van der Waals surface area contributed by atoms with Crippen molar-refractivity contribution in [3.8, 4) is 6.07 Å². The summed E-state index contributed by atoms with van der Waals surface area (Å²) in [6.45, 7) is 0. The Balaban J connectivity index is 1.96. The van der Waals surface area contributed by atoms with Gasteiger partial charge in [-0.05, 0) is 29.8 Å². The lowest BCUT2D eigenvalue weighted by Crippen LogP contribution is -2.18. The molecule has 92 valence electrons. The van der Waals surface area contributed by atoms with Gasteiger partial charge in [0.15, 0.2) is 0 Å². The number of carbonyl (C=O) groups excluding carboxylic acids is 1. The van der Waals surface area contributed by atoms with Gasteiger partial charge in [-0.3, -0.25) is 9.78 Å². The number of hydrogen-bond acceptors (Lipinski definition) is 4. The van der Waals surface area contributed by atoms with Crippen LogP contribution in [0.15, 0.2) is 53.8 Å². The summed E-state index contributed by atoms with van der Waals surface area (Å²) in [6, 6.07) is 13.9. The van der Waals surface area contributed by atoms with Gasteiger partial charge in [0.1, 0.15) is 5.69 Å². The molecule has 2 aromatic rings. The first kappa shape index (κ1) is 12.5. The maximum absolute atomic E-state index is 11.6. The van der Waals surface area contributed by atoms with Crippen LogP contribution in [0.5, 0.6) is 0 Å². The Kier molecular flexibility index (Phi) is 3.98. The Hall–Kier alpha value is -3.00. The van der Waals surface area contributed by atoms with Crippen LogP contribution in [0.2, 0.25) is 0 Å². The molecule has 0 atom stereocenters. The first-order valence-electron chi connectivity index (χ1n) is 5.54. The number of hydrazone groups is 1. The van der Waals surface area contributed by atoms with Crippen molar-refractivity contribution in [2.24, 2.45) is 5.10 Å². The molecule has 19 heavy (non-hydrogen) atoms. The van der Waals surface area contributed by atoms with Crippen molar-refractivity contribution < 1.29 is 4.79 Å². The van der Waals surface area contributed by atoms with E-state index in [1.807, 2.05) is 6.07 Å². The van der Waals surface area contributed by atoms with Crippen LogP contribution in [-0.2, 0) is 0 Å². The Morgan fingerprint density at radius 3 is 2.68 bits per heavy atom. The largest absolute Gasteiger partial charge is 0.289 e. The molecule has 0 saturated heterocycles. The fourth-order valence-corrected chi connectivity index (χ4v) is 1.36. The highest BCUT2D eigenvalue weighted by atomic mass is 16.2. The summed E-state index contributed by atoms with van der Waals surface area (Å²) in [5.41, 5.74) is 4.05. The lowest BCUT2D eigenvalue weighted by molar-refractivity contribution is 0.0950. The minimum Gasteiger partial charge on any atom is -0.266 e. The molecule has 0 radical (unpaired) electrons. The first-order chi connectivity index (χ1) is 9.29. The van der Waals surface area contributed by atoms with E-state index in [4.69, 9.17) is 5.26 Å². The monoisotopic (exact) mass is 250 g/mol. The Morgan fingerprint density at radius 1 is 1.26 bits per heavy atom. The topological polar surface area (TPSA) is 78.1 Å². The third-order valence-corrected chi connectivity index (χ3v) is 2.32. The molecule has 0 aliphatic heterocycles. The van der Waals surface area contributed by atoms with Gasteiger partial charge in [-0.2, -0.15) is 10.4 Å². The van der Waals surface area contributed by atoms with E-state index < -0.39 is 0 Å². The summed E-state index contributed by atoms with van der Waals surface area (Å²) >= 11 is 0. The molecular weight excluding hydrogens is 240 g/mol. The van der Waals surface area contributed by atoms with Crippen LogP contribution in [0.4, 0.5) is 0 Å². The smallest absolute Gasteiger partial charge is 0.266 e. The summed E-state index contributed by atoms with van der Waals surface area (Å²) in [6.07, 6.45) is 3.04. The highest BCUT2D eigenvalue weighted by Crippen LogP contribution is 2.00. The zero-order valence-electron chi connectivity index (χ0n) is 9.95. The number of benzene rings is 1. The van der Waals surface area contributed by atoms with Gasteiger partial charge in [-0.1, -0.05) is 18.2 Å². The molecule has 1 amide bonds. The molecular formula is C14H10N4O. The van der Waals surface area contributed by atoms with E-state index >= 15 is 0 Å². The predicted octanol–water partition coefficient (Wildman–Crippen LogP) is 1.72. The van der Waals surface area contributed by atoms with Gasteiger partial charge in [0, 0.05) is 6.20 Å². The number of nitrogens with one attached hydrogen (secondary N) is 1. The number of nitrogens with zero attached hydrogens (tertiary/aromatic N) is 3. The van der Waals surface area contributed by atoms with Gasteiger partial charge >= 0.3 is 0 Å². The number of carbonyl (C=O) groups is 1. The minimum atomic E-state index is -0.370. The fraction of sp³-hybridized carbons (Fsp3) is 0. The number of amides is 1. The predicted molar refractivity (Wildman–Crippen MR) is 70.5 cm³/mol. The summed E-state index contributed by atoms with van der Waals surface area (Å²) in [5.74, 6) is -0.370. The van der Waals surface area contributed by atoms with Crippen molar-refractivity contribution in [1.82, 2.24) is 10.4 Å². The van der Waals surface area contributed by atoms with E-state index in [2.05, 4.69) is 15.5 Å². The van der Waals surface area contributed by atoms with Crippen LogP contribution >= 0.6 is 0 Å². The van der Waals surface area contributed by atoms with E-state index in [-0.39, 0.29) is 5.91 Å². The highest BCUT2D eigenvalue weighted by Gasteiger charge is 2.03. The van der Waals surface area contributed by atoms with Crippen LogP contribution in [0.25, 0.3) is 0 Å². The third-order valence-electron chi connectivity index (χ3n) is 2.32. The van der Waals surface area contributed by atoms with Gasteiger partial charge in [0.2, 0.25) is 0 Å². The van der Waals surface area contributed by atoms with Crippen molar-refractivity contribution in [1.29, 1.82) is 5.26 Å². The van der Waals surface area contributed by atoms with Gasteiger partial charge in [0.25, 0.3) is 5.91 Å². The molecule has 1 aromatic heterocycles. The second-order valence-electron chi connectivity index (χ2n) is 3.65. The molecule has 5 nitrogen and oxygen atoms in total. The molecule has 0 bridgehead atoms. The third kappa shape index (κ3) is 3.48. The zero-order chi connectivity index (χ0) is 13.5. The molecule has 0 fully saturated rings. The fourth-order valence-electron chi connectivity index (χ4n) is 1.36. The van der Waals surface area contributed by atoms with Gasteiger partial charge in [0.05, 0.1) is 17.8 Å². The average molecular weight is 250 g/mol. The quantitative estimate of drug-likeness (QED) is 0.665. The number of nitriles is 1. The van der Waals surface area contributed by atoms with E-state index in [0.717, 1.165) is 5.56 Å². The van der Waals surface area contributed by atoms with E-state index in [1.54, 1.807) is 48.7 Å². The molecule has 0 saturated carbocycles. The SMILES string of the molecule is N#Cc1ccc(/C=N\NC(=O)c2ccccn2)cc1. The van der Waals surface area contributed by atoms with Crippen LogP contribution < -0.4 is 5.43 Å². The van der Waals surface area contributed by atoms with Crippen LogP contribution in [0, 0.1) is 11.3 Å².